The Balaban J connectivity index is 1.70. The van der Waals surface area contributed by atoms with Crippen LogP contribution in [-0.2, 0) is 11.0 Å². The van der Waals surface area contributed by atoms with Crippen LogP contribution < -0.4 is 10.4 Å². The van der Waals surface area contributed by atoms with Gasteiger partial charge in [-0.05, 0) is 27.5 Å². The first-order valence-electron chi connectivity index (χ1n) is 10.2. The molecule has 0 atom stereocenters. The Bertz CT molecular complexity index is 1030. The van der Waals surface area contributed by atoms with Crippen molar-refractivity contribution in [3.63, 3.8) is 0 Å². The highest BCUT2D eigenvalue weighted by atomic mass is 28.4. The van der Waals surface area contributed by atoms with E-state index in [1.165, 1.54) is 10.4 Å². The summed E-state index contributed by atoms with van der Waals surface area (Å²) >= 11 is 0. The van der Waals surface area contributed by atoms with Gasteiger partial charge in [0.25, 0.3) is 8.32 Å². The fraction of sp³-hybridized carbons (Fsp3) is 0.240. The second-order valence-electron chi connectivity index (χ2n) is 8.44. The van der Waals surface area contributed by atoms with E-state index in [1.54, 1.807) is 0 Å². The lowest BCUT2D eigenvalue weighted by molar-refractivity contribution is 0.282. The van der Waals surface area contributed by atoms with Gasteiger partial charge in [-0.3, -0.25) is 0 Å². The molecule has 0 aliphatic carbocycles. The van der Waals surface area contributed by atoms with Crippen molar-refractivity contribution in [3.8, 4) is 0 Å². The maximum Gasteiger partial charge on any atom is 0.261 e. The summed E-state index contributed by atoms with van der Waals surface area (Å²) in [4.78, 5) is 4.52. The molecule has 0 fully saturated rings. The highest BCUT2D eigenvalue weighted by Gasteiger charge is 2.49. The number of aromatic nitrogens is 2. The second-order valence-corrected chi connectivity index (χ2v) is 12.7. The predicted octanol–water partition coefficient (Wildman–Crippen LogP) is 4.61. The molecule has 0 saturated heterocycles. The Morgan fingerprint density at radius 2 is 1.34 bits per heavy atom. The molecule has 1 heterocycles. The van der Waals surface area contributed by atoms with Gasteiger partial charge in [-0.2, -0.15) is 0 Å². The standard InChI is InChI=1S/C25H28N2OSi/c1-25(2,3)29(21-12-6-4-7-13-21,22-14-8-5-9-15-22)28-19-18-27-20-26-23-16-10-11-17-24(23)27/h4-17,20H,18-19H2,1-3H3. The molecule has 4 aromatic rings. The summed E-state index contributed by atoms with van der Waals surface area (Å²) in [5.41, 5.74) is 2.18. The van der Waals surface area contributed by atoms with Crippen molar-refractivity contribution in [2.24, 2.45) is 0 Å². The van der Waals surface area contributed by atoms with Crippen LogP contribution in [0.3, 0.4) is 0 Å². The third-order valence-corrected chi connectivity index (χ3v) is 10.6. The van der Waals surface area contributed by atoms with Crippen molar-refractivity contribution in [2.45, 2.75) is 32.4 Å². The van der Waals surface area contributed by atoms with E-state index in [-0.39, 0.29) is 5.04 Å². The molecule has 4 rings (SSSR count). The normalized spacial score (nSPS) is 12.4. The highest BCUT2D eigenvalue weighted by Crippen LogP contribution is 2.36. The summed E-state index contributed by atoms with van der Waals surface area (Å²) in [6.45, 7) is 8.36. The van der Waals surface area contributed by atoms with E-state index in [9.17, 15) is 0 Å². The smallest absolute Gasteiger partial charge is 0.261 e. The van der Waals surface area contributed by atoms with Gasteiger partial charge >= 0.3 is 0 Å². The molecule has 0 aliphatic heterocycles. The second kappa shape index (κ2) is 7.97. The van der Waals surface area contributed by atoms with Crippen molar-refractivity contribution in [1.29, 1.82) is 0 Å². The van der Waals surface area contributed by atoms with Crippen LogP contribution in [0.5, 0.6) is 0 Å². The lowest BCUT2D eigenvalue weighted by Gasteiger charge is -2.43. The summed E-state index contributed by atoms with van der Waals surface area (Å²) in [7, 11) is -2.48. The van der Waals surface area contributed by atoms with Crippen LogP contribution in [0.25, 0.3) is 11.0 Å². The Morgan fingerprint density at radius 3 is 1.93 bits per heavy atom. The third kappa shape index (κ3) is 3.66. The van der Waals surface area contributed by atoms with Crippen molar-refractivity contribution >= 4 is 29.7 Å². The van der Waals surface area contributed by atoms with E-state index in [1.807, 2.05) is 12.4 Å². The Hall–Kier alpha value is -2.69. The van der Waals surface area contributed by atoms with Gasteiger partial charge in [-0.15, -0.1) is 0 Å². The van der Waals surface area contributed by atoms with E-state index < -0.39 is 8.32 Å². The first-order valence-corrected chi connectivity index (χ1v) is 12.1. The quantitative estimate of drug-likeness (QED) is 0.442. The van der Waals surface area contributed by atoms with E-state index >= 15 is 0 Å². The van der Waals surface area contributed by atoms with Crippen LogP contribution in [0.2, 0.25) is 5.04 Å². The molecule has 4 heteroatoms. The summed E-state index contributed by atoms with van der Waals surface area (Å²) in [6, 6.07) is 29.8. The van der Waals surface area contributed by atoms with Crippen LogP contribution in [0.4, 0.5) is 0 Å². The number of fused-ring (bicyclic) bond motifs is 1. The zero-order valence-electron chi connectivity index (χ0n) is 17.4. The average molecular weight is 401 g/mol. The molecular weight excluding hydrogens is 372 g/mol. The Morgan fingerprint density at radius 1 is 0.793 bits per heavy atom. The number of para-hydroxylation sites is 2. The van der Waals surface area contributed by atoms with Gasteiger partial charge in [0.15, 0.2) is 0 Å². The lowest BCUT2D eigenvalue weighted by atomic mass is 10.2. The fourth-order valence-electron chi connectivity index (χ4n) is 4.25. The number of hydrogen-bond donors (Lipinski definition) is 0. The molecule has 0 radical (unpaired) electrons. The molecule has 29 heavy (non-hydrogen) atoms. The molecule has 0 spiro atoms. The minimum Gasteiger partial charge on any atom is -0.406 e. The molecule has 3 aromatic carbocycles. The number of hydrogen-bond acceptors (Lipinski definition) is 2. The molecule has 0 bridgehead atoms. The van der Waals surface area contributed by atoms with Gasteiger partial charge in [0, 0.05) is 6.54 Å². The van der Waals surface area contributed by atoms with Crippen LogP contribution in [0.1, 0.15) is 20.8 Å². The topological polar surface area (TPSA) is 27.1 Å². The maximum absolute atomic E-state index is 6.98. The maximum atomic E-state index is 6.98. The molecule has 0 N–H and O–H groups in total. The monoisotopic (exact) mass is 400 g/mol. The van der Waals surface area contributed by atoms with Gasteiger partial charge in [0.05, 0.1) is 24.0 Å². The molecule has 0 saturated carbocycles. The molecule has 148 valence electrons. The zero-order valence-corrected chi connectivity index (χ0v) is 18.4. The minimum atomic E-state index is -2.48. The van der Waals surface area contributed by atoms with Crippen LogP contribution in [0, 0.1) is 0 Å². The Kier molecular flexibility index (Phi) is 5.39. The van der Waals surface area contributed by atoms with E-state index in [0.717, 1.165) is 17.6 Å². The summed E-state index contributed by atoms with van der Waals surface area (Å²) in [5, 5.41) is 2.62. The summed E-state index contributed by atoms with van der Waals surface area (Å²) < 4.78 is 9.17. The van der Waals surface area contributed by atoms with Crippen LogP contribution >= 0.6 is 0 Å². The first kappa shape index (κ1) is 19.6. The van der Waals surface area contributed by atoms with Gasteiger partial charge in [0.2, 0.25) is 0 Å². The summed E-state index contributed by atoms with van der Waals surface area (Å²) in [5.74, 6) is 0. The van der Waals surface area contributed by atoms with Crippen molar-refractivity contribution in [2.75, 3.05) is 6.61 Å². The lowest BCUT2D eigenvalue weighted by Crippen LogP contribution is -2.66. The Labute approximate surface area is 174 Å². The highest BCUT2D eigenvalue weighted by molar-refractivity contribution is 6.99. The molecule has 0 aliphatic rings. The fourth-order valence-corrected chi connectivity index (χ4v) is 8.80. The first-order chi connectivity index (χ1) is 14.0. The van der Waals surface area contributed by atoms with Gasteiger partial charge in [-0.1, -0.05) is 93.6 Å². The summed E-state index contributed by atoms with van der Waals surface area (Å²) in [6.07, 6.45) is 1.92. The molecule has 1 aromatic heterocycles. The van der Waals surface area contributed by atoms with E-state index in [4.69, 9.17) is 4.43 Å². The van der Waals surface area contributed by atoms with Crippen LogP contribution in [0.15, 0.2) is 91.3 Å². The van der Waals surface area contributed by atoms with Crippen molar-refractivity contribution in [1.82, 2.24) is 9.55 Å². The molecule has 0 unspecified atom stereocenters. The number of imidazole rings is 1. The molecule has 3 nitrogen and oxygen atoms in total. The predicted molar refractivity (Wildman–Crippen MR) is 123 cm³/mol. The third-order valence-electron chi connectivity index (χ3n) is 5.59. The van der Waals surface area contributed by atoms with Gasteiger partial charge < -0.3 is 8.99 Å². The largest absolute Gasteiger partial charge is 0.406 e. The van der Waals surface area contributed by atoms with Crippen molar-refractivity contribution in [3.05, 3.63) is 91.3 Å². The van der Waals surface area contributed by atoms with Gasteiger partial charge in [0.1, 0.15) is 0 Å². The van der Waals surface area contributed by atoms with Crippen LogP contribution in [-0.4, -0.2) is 24.5 Å². The number of rotatable bonds is 6. The van der Waals surface area contributed by atoms with Crippen molar-refractivity contribution < 1.29 is 4.43 Å². The average Bonchev–Trinajstić information content (AvgIpc) is 3.15. The molecule has 0 amide bonds. The van der Waals surface area contributed by atoms with Gasteiger partial charge in [-0.25, -0.2) is 4.98 Å². The van der Waals surface area contributed by atoms with E-state index in [0.29, 0.717) is 6.61 Å². The molecular formula is C25H28N2OSi. The SMILES string of the molecule is CC(C)(C)[Si](OCCn1cnc2ccccc21)(c1ccccc1)c1ccccc1. The van der Waals surface area contributed by atoms with E-state index in [2.05, 4.69) is 109 Å². The zero-order chi connectivity index (χ0) is 20.3. The number of nitrogens with zero attached hydrogens (tertiary/aromatic N) is 2. The minimum absolute atomic E-state index is 0.00723. The number of benzene rings is 3.